The molecule has 0 aliphatic heterocycles. The van der Waals surface area contributed by atoms with Gasteiger partial charge < -0.3 is 10.7 Å². The molecule has 1 saturated carbocycles. The van der Waals surface area contributed by atoms with Crippen LogP contribution in [0.4, 0.5) is 5.82 Å². The summed E-state index contributed by atoms with van der Waals surface area (Å²) in [4.78, 5) is 15.8. The van der Waals surface area contributed by atoms with Gasteiger partial charge in [-0.15, -0.1) is 0 Å². The number of anilines is 1. The zero-order chi connectivity index (χ0) is 11.4. The lowest BCUT2D eigenvalue weighted by Crippen LogP contribution is -2.32. The molecule has 1 aromatic heterocycles. The van der Waals surface area contributed by atoms with Crippen LogP contribution in [0.2, 0.25) is 0 Å². The van der Waals surface area contributed by atoms with Gasteiger partial charge in [0.15, 0.2) is 0 Å². The summed E-state index contributed by atoms with van der Waals surface area (Å²) in [5, 5.41) is 3.01. The maximum atomic E-state index is 11.9. The molecule has 0 saturated heterocycles. The van der Waals surface area contributed by atoms with Gasteiger partial charge in [-0.3, -0.25) is 4.79 Å². The van der Waals surface area contributed by atoms with Crippen LogP contribution in [0.3, 0.4) is 0 Å². The van der Waals surface area contributed by atoms with Crippen LogP contribution in [0, 0.1) is 0 Å². The topological polar surface area (TPSA) is 80.0 Å². The van der Waals surface area contributed by atoms with Gasteiger partial charge in [0.1, 0.15) is 5.82 Å². The summed E-state index contributed by atoms with van der Waals surface area (Å²) in [6.45, 7) is 0. The van der Waals surface area contributed by atoms with E-state index in [1.807, 2.05) is 0 Å². The highest BCUT2D eigenvalue weighted by atomic mass is 16.1. The molecule has 16 heavy (non-hydrogen) atoms. The SMILES string of the molecule is NNc1cc(C(=O)NC2CCCC2)ccn1. The highest BCUT2D eigenvalue weighted by Gasteiger charge is 2.17. The average Bonchev–Trinajstić information content (AvgIpc) is 2.82. The fourth-order valence-electron chi connectivity index (χ4n) is 1.99. The van der Waals surface area contributed by atoms with E-state index >= 15 is 0 Å². The zero-order valence-electron chi connectivity index (χ0n) is 9.07. The van der Waals surface area contributed by atoms with Crippen LogP contribution in [0.25, 0.3) is 0 Å². The van der Waals surface area contributed by atoms with Gasteiger partial charge in [-0.25, -0.2) is 10.8 Å². The molecule has 4 N–H and O–H groups in total. The number of nitrogen functional groups attached to an aromatic ring is 1. The van der Waals surface area contributed by atoms with Crippen molar-refractivity contribution in [2.75, 3.05) is 5.43 Å². The number of carbonyl (C=O) groups excluding carboxylic acids is 1. The lowest BCUT2D eigenvalue weighted by atomic mass is 10.2. The minimum Gasteiger partial charge on any atom is -0.349 e. The van der Waals surface area contributed by atoms with Crippen molar-refractivity contribution in [3.8, 4) is 0 Å². The van der Waals surface area contributed by atoms with E-state index in [0.717, 1.165) is 12.8 Å². The molecule has 86 valence electrons. The van der Waals surface area contributed by atoms with E-state index in [1.54, 1.807) is 18.3 Å². The second-order valence-corrected chi connectivity index (χ2v) is 4.03. The Kier molecular flexibility index (Phi) is 3.36. The fourth-order valence-corrected chi connectivity index (χ4v) is 1.99. The van der Waals surface area contributed by atoms with Gasteiger partial charge in [0.2, 0.25) is 0 Å². The number of rotatable bonds is 3. The second-order valence-electron chi connectivity index (χ2n) is 4.03. The Bertz CT molecular complexity index is 374. The first-order valence-corrected chi connectivity index (χ1v) is 5.53. The van der Waals surface area contributed by atoms with E-state index < -0.39 is 0 Å². The van der Waals surface area contributed by atoms with Gasteiger partial charge in [0.05, 0.1) is 0 Å². The number of aromatic nitrogens is 1. The third-order valence-corrected chi connectivity index (χ3v) is 2.86. The molecule has 0 atom stereocenters. The minimum atomic E-state index is -0.0502. The summed E-state index contributed by atoms with van der Waals surface area (Å²) in [7, 11) is 0. The van der Waals surface area contributed by atoms with Crippen molar-refractivity contribution in [3.05, 3.63) is 23.9 Å². The van der Waals surface area contributed by atoms with Gasteiger partial charge in [-0.2, -0.15) is 0 Å². The predicted molar refractivity (Wildman–Crippen MR) is 61.8 cm³/mol. The summed E-state index contributed by atoms with van der Waals surface area (Å²) >= 11 is 0. The van der Waals surface area contributed by atoms with Gasteiger partial charge in [0.25, 0.3) is 5.91 Å². The number of nitrogens with two attached hydrogens (primary N) is 1. The lowest BCUT2D eigenvalue weighted by Gasteiger charge is -2.12. The number of hydrazine groups is 1. The van der Waals surface area contributed by atoms with Crippen molar-refractivity contribution < 1.29 is 4.79 Å². The third kappa shape index (κ3) is 2.49. The van der Waals surface area contributed by atoms with E-state index in [4.69, 9.17) is 5.84 Å². The molecule has 0 unspecified atom stereocenters. The Morgan fingerprint density at radius 2 is 2.19 bits per heavy atom. The molecule has 0 bridgehead atoms. The van der Waals surface area contributed by atoms with Crippen molar-refractivity contribution in [2.45, 2.75) is 31.7 Å². The Labute approximate surface area is 94.4 Å². The Morgan fingerprint density at radius 1 is 1.44 bits per heavy atom. The van der Waals surface area contributed by atoms with E-state index in [-0.39, 0.29) is 5.91 Å². The molecule has 0 spiro atoms. The first-order chi connectivity index (χ1) is 7.79. The molecule has 1 amide bonds. The highest BCUT2D eigenvalue weighted by Crippen LogP contribution is 2.18. The summed E-state index contributed by atoms with van der Waals surface area (Å²) < 4.78 is 0. The van der Waals surface area contributed by atoms with Crippen molar-refractivity contribution in [1.29, 1.82) is 0 Å². The first kappa shape index (κ1) is 10.9. The summed E-state index contributed by atoms with van der Waals surface area (Å²) in [5.41, 5.74) is 3.02. The van der Waals surface area contributed by atoms with Crippen LogP contribution in [0.15, 0.2) is 18.3 Å². The van der Waals surface area contributed by atoms with Crippen LogP contribution < -0.4 is 16.6 Å². The Hall–Kier alpha value is -1.62. The quantitative estimate of drug-likeness (QED) is 0.525. The monoisotopic (exact) mass is 220 g/mol. The highest BCUT2D eigenvalue weighted by molar-refractivity contribution is 5.94. The second kappa shape index (κ2) is 4.94. The van der Waals surface area contributed by atoms with Gasteiger partial charge >= 0.3 is 0 Å². The molecule has 2 rings (SSSR count). The number of nitrogens with zero attached hydrogens (tertiary/aromatic N) is 1. The van der Waals surface area contributed by atoms with Crippen LogP contribution in [0.1, 0.15) is 36.0 Å². The van der Waals surface area contributed by atoms with Gasteiger partial charge in [0, 0.05) is 17.8 Å². The molecule has 1 heterocycles. The van der Waals surface area contributed by atoms with Crippen molar-refractivity contribution >= 4 is 11.7 Å². The minimum absolute atomic E-state index is 0.0502. The van der Waals surface area contributed by atoms with Gasteiger partial charge in [-0.1, -0.05) is 12.8 Å². The molecule has 1 aliphatic rings. The van der Waals surface area contributed by atoms with Crippen LogP contribution in [0.5, 0.6) is 0 Å². The normalized spacial score (nSPS) is 16.1. The molecular formula is C11H16N4O. The lowest BCUT2D eigenvalue weighted by molar-refractivity contribution is 0.0938. The number of nitrogens with one attached hydrogen (secondary N) is 2. The van der Waals surface area contributed by atoms with Crippen molar-refractivity contribution in [3.63, 3.8) is 0 Å². The number of pyridine rings is 1. The Morgan fingerprint density at radius 3 is 2.88 bits per heavy atom. The zero-order valence-corrected chi connectivity index (χ0v) is 9.07. The first-order valence-electron chi connectivity index (χ1n) is 5.53. The molecule has 5 heteroatoms. The van der Waals surface area contributed by atoms with E-state index in [2.05, 4.69) is 15.7 Å². The third-order valence-electron chi connectivity index (χ3n) is 2.86. The number of amides is 1. The molecule has 0 aromatic carbocycles. The van der Waals surface area contributed by atoms with Crippen molar-refractivity contribution in [2.24, 2.45) is 5.84 Å². The predicted octanol–water partition coefficient (Wildman–Crippen LogP) is 1.04. The number of hydrogen-bond donors (Lipinski definition) is 3. The molecule has 1 fully saturated rings. The van der Waals surface area contributed by atoms with Crippen molar-refractivity contribution in [1.82, 2.24) is 10.3 Å². The molecule has 1 aromatic rings. The van der Waals surface area contributed by atoms with Crippen LogP contribution in [-0.4, -0.2) is 16.9 Å². The van der Waals surface area contributed by atoms with Crippen LogP contribution >= 0.6 is 0 Å². The number of carbonyl (C=O) groups is 1. The van der Waals surface area contributed by atoms with E-state index in [0.29, 0.717) is 17.4 Å². The molecule has 1 aliphatic carbocycles. The van der Waals surface area contributed by atoms with E-state index in [1.165, 1.54) is 12.8 Å². The molecular weight excluding hydrogens is 204 g/mol. The summed E-state index contributed by atoms with van der Waals surface area (Å²) in [5.74, 6) is 5.69. The maximum Gasteiger partial charge on any atom is 0.251 e. The molecule has 5 nitrogen and oxygen atoms in total. The number of hydrogen-bond acceptors (Lipinski definition) is 4. The average molecular weight is 220 g/mol. The van der Waals surface area contributed by atoms with E-state index in [9.17, 15) is 4.79 Å². The summed E-state index contributed by atoms with van der Waals surface area (Å²) in [6, 6.07) is 3.66. The largest absolute Gasteiger partial charge is 0.349 e. The summed E-state index contributed by atoms with van der Waals surface area (Å²) in [6.07, 6.45) is 6.14. The smallest absolute Gasteiger partial charge is 0.251 e. The van der Waals surface area contributed by atoms with Gasteiger partial charge in [-0.05, 0) is 25.0 Å². The van der Waals surface area contributed by atoms with Crippen LogP contribution in [-0.2, 0) is 0 Å². The fraction of sp³-hybridized carbons (Fsp3) is 0.455. The standard InChI is InChI=1S/C11H16N4O/c12-15-10-7-8(5-6-13-10)11(16)14-9-3-1-2-4-9/h5-7,9H,1-4,12H2,(H,13,15)(H,14,16). The Balaban J connectivity index is 2.01. The maximum absolute atomic E-state index is 11.9. The molecule has 0 radical (unpaired) electrons.